The molecular formula is C31H27Cl2N5O5. The van der Waals surface area contributed by atoms with Crippen LogP contribution in [0.25, 0.3) is 22.3 Å². The average Bonchev–Trinajstić information content (AvgIpc) is 3.66. The molecule has 12 heteroatoms. The maximum Gasteiger partial charge on any atom is 0.352 e. The second-order valence-corrected chi connectivity index (χ2v) is 11.6. The zero-order chi connectivity index (χ0) is 30.5. The molecule has 0 atom stereocenters. The van der Waals surface area contributed by atoms with Gasteiger partial charge < -0.3 is 4.74 Å². The first-order chi connectivity index (χ1) is 20.6. The van der Waals surface area contributed by atoms with Crippen LogP contribution < -0.4 is 11.2 Å². The van der Waals surface area contributed by atoms with Crippen molar-refractivity contribution < 1.29 is 9.66 Å². The van der Waals surface area contributed by atoms with Gasteiger partial charge in [0.25, 0.3) is 11.2 Å². The van der Waals surface area contributed by atoms with Crippen LogP contribution in [0, 0.1) is 10.1 Å². The van der Waals surface area contributed by atoms with Crippen molar-refractivity contribution in [3.8, 4) is 11.5 Å². The first kappa shape index (κ1) is 28.9. The Morgan fingerprint density at radius 3 is 2.21 bits per heavy atom. The fraction of sp³-hybridized carbons (Fsp3) is 0.258. The lowest BCUT2D eigenvalue weighted by molar-refractivity contribution is -0.384. The number of halogens is 2. The minimum absolute atomic E-state index is 0.0324. The molecule has 1 saturated carbocycles. The molecule has 0 saturated heterocycles. The van der Waals surface area contributed by atoms with E-state index in [9.17, 15) is 19.7 Å². The Morgan fingerprint density at radius 2 is 1.60 bits per heavy atom. The maximum absolute atomic E-state index is 14.3. The average molecular weight is 620 g/mol. The summed E-state index contributed by atoms with van der Waals surface area (Å²) in [6, 6.07) is 19.1. The van der Waals surface area contributed by atoms with Gasteiger partial charge in [-0.25, -0.2) is 4.79 Å². The van der Waals surface area contributed by atoms with Crippen molar-refractivity contribution in [1.82, 2.24) is 18.9 Å². The molecule has 0 aliphatic heterocycles. The summed E-state index contributed by atoms with van der Waals surface area (Å²) in [7, 11) is 0. The fourth-order valence-electron chi connectivity index (χ4n) is 5.48. The van der Waals surface area contributed by atoms with Gasteiger partial charge in [0, 0.05) is 29.6 Å². The first-order valence-corrected chi connectivity index (χ1v) is 14.5. The molecule has 1 aliphatic carbocycles. The highest BCUT2D eigenvalue weighted by Gasteiger charge is 2.44. The van der Waals surface area contributed by atoms with Crippen LogP contribution in [0.2, 0.25) is 10.0 Å². The molecule has 220 valence electrons. The number of ether oxygens (including phenoxy) is 1. The summed E-state index contributed by atoms with van der Waals surface area (Å²) in [5.74, 6) is 0.575. The number of rotatable bonds is 9. The molecule has 10 nitrogen and oxygen atoms in total. The molecule has 0 bridgehead atoms. The standard InChI is InChI=1S/C31H27Cl2N5O5/c1-3-35-25(18-43-17-19-9-5-4-6-10-19)34-37(30(35)40)28-26(31(2)13-14-31)21-11-7-8-12-22(21)29(39)36(28)27-23(32)15-20(38(41)42)16-24(27)33/h4-12,15-16H,3,13-14,17-18H2,1-2H3. The third-order valence-electron chi connectivity index (χ3n) is 7.90. The van der Waals surface area contributed by atoms with E-state index in [1.54, 1.807) is 12.1 Å². The highest BCUT2D eigenvalue weighted by atomic mass is 35.5. The number of benzene rings is 3. The third kappa shape index (κ3) is 5.05. The lowest BCUT2D eigenvalue weighted by atomic mass is 9.92. The molecule has 5 aromatic rings. The summed E-state index contributed by atoms with van der Waals surface area (Å²) in [6.45, 7) is 4.58. The minimum Gasteiger partial charge on any atom is -0.369 e. The molecule has 6 rings (SSSR count). The third-order valence-corrected chi connectivity index (χ3v) is 8.48. The van der Waals surface area contributed by atoms with Crippen molar-refractivity contribution in [3.05, 3.63) is 125 Å². The molecule has 2 heterocycles. The monoisotopic (exact) mass is 619 g/mol. The van der Waals surface area contributed by atoms with Gasteiger partial charge in [-0.2, -0.15) is 4.68 Å². The molecule has 0 spiro atoms. The molecule has 43 heavy (non-hydrogen) atoms. The summed E-state index contributed by atoms with van der Waals surface area (Å²) in [4.78, 5) is 39.2. The van der Waals surface area contributed by atoms with E-state index in [0.29, 0.717) is 29.7 Å². The Balaban J connectivity index is 1.63. The van der Waals surface area contributed by atoms with E-state index in [1.165, 1.54) is 13.8 Å². The summed E-state index contributed by atoms with van der Waals surface area (Å²) < 4.78 is 9.92. The van der Waals surface area contributed by atoms with Gasteiger partial charge in [0.15, 0.2) is 11.6 Å². The summed E-state index contributed by atoms with van der Waals surface area (Å²) >= 11 is 13.3. The second-order valence-electron chi connectivity index (χ2n) is 10.8. The van der Waals surface area contributed by atoms with Crippen LogP contribution in [-0.4, -0.2) is 23.8 Å². The molecule has 3 aromatic carbocycles. The number of hydrogen-bond donors (Lipinski definition) is 0. The largest absolute Gasteiger partial charge is 0.369 e. The van der Waals surface area contributed by atoms with Gasteiger partial charge >= 0.3 is 5.69 Å². The van der Waals surface area contributed by atoms with Crippen molar-refractivity contribution in [2.24, 2.45) is 0 Å². The van der Waals surface area contributed by atoms with Crippen molar-refractivity contribution in [1.29, 1.82) is 0 Å². The first-order valence-electron chi connectivity index (χ1n) is 13.8. The normalized spacial score (nSPS) is 13.9. The van der Waals surface area contributed by atoms with Crippen molar-refractivity contribution >= 4 is 39.7 Å². The van der Waals surface area contributed by atoms with E-state index in [1.807, 2.05) is 49.4 Å². The SMILES string of the molecule is CCn1c(COCc2ccccc2)nn(-c2c(C3(C)CC3)c3ccccc3c(=O)n2-c2c(Cl)cc([N+](=O)[O-])cc2Cl)c1=O. The van der Waals surface area contributed by atoms with Gasteiger partial charge in [-0.3, -0.25) is 24.0 Å². The summed E-state index contributed by atoms with van der Waals surface area (Å²) in [5, 5.41) is 17.1. The van der Waals surface area contributed by atoms with Crippen LogP contribution in [0.3, 0.4) is 0 Å². The number of hydrogen-bond acceptors (Lipinski definition) is 6. The van der Waals surface area contributed by atoms with E-state index in [2.05, 4.69) is 6.92 Å². The number of aromatic nitrogens is 4. The van der Waals surface area contributed by atoms with Crippen molar-refractivity contribution in [3.63, 3.8) is 0 Å². The number of nitrogens with zero attached hydrogens (tertiary/aromatic N) is 5. The number of fused-ring (bicyclic) bond motifs is 1. The van der Waals surface area contributed by atoms with E-state index in [0.717, 1.165) is 36.1 Å². The zero-order valence-electron chi connectivity index (χ0n) is 23.4. The van der Waals surface area contributed by atoms with E-state index in [-0.39, 0.29) is 39.3 Å². The smallest absolute Gasteiger partial charge is 0.352 e. The molecule has 1 aliphatic rings. The molecule has 0 radical (unpaired) electrons. The predicted octanol–water partition coefficient (Wildman–Crippen LogP) is 6.34. The van der Waals surface area contributed by atoms with E-state index >= 15 is 0 Å². The van der Waals surface area contributed by atoms with Crippen LogP contribution in [0.4, 0.5) is 5.69 Å². The number of pyridine rings is 1. The zero-order valence-corrected chi connectivity index (χ0v) is 24.9. The van der Waals surface area contributed by atoms with Crippen LogP contribution in [0.15, 0.2) is 76.3 Å². The minimum atomic E-state index is -0.614. The number of non-ortho nitro benzene ring substituents is 1. The number of nitro groups is 1. The predicted molar refractivity (Wildman–Crippen MR) is 165 cm³/mol. The topological polar surface area (TPSA) is 114 Å². The fourth-order valence-corrected chi connectivity index (χ4v) is 6.13. The molecule has 0 N–H and O–H groups in total. The molecular weight excluding hydrogens is 593 g/mol. The van der Waals surface area contributed by atoms with Crippen LogP contribution in [-0.2, 0) is 29.9 Å². The highest BCUT2D eigenvalue weighted by molar-refractivity contribution is 6.38. The van der Waals surface area contributed by atoms with Crippen LogP contribution in [0.5, 0.6) is 0 Å². The second kappa shape index (κ2) is 11.1. The molecule has 2 aromatic heterocycles. The molecule has 0 amide bonds. The molecule has 1 fully saturated rings. The Bertz CT molecular complexity index is 1990. The summed E-state index contributed by atoms with van der Waals surface area (Å²) in [6.07, 6.45) is 1.64. The van der Waals surface area contributed by atoms with Crippen molar-refractivity contribution in [2.45, 2.75) is 51.9 Å². The quantitative estimate of drug-likeness (QED) is 0.140. The lowest BCUT2D eigenvalue weighted by Gasteiger charge is -2.23. The van der Waals surface area contributed by atoms with Crippen LogP contribution in [0.1, 0.15) is 43.6 Å². The highest BCUT2D eigenvalue weighted by Crippen LogP contribution is 2.52. The van der Waals surface area contributed by atoms with Gasteiger partial charge in [0.1, 0.15) is 6.61 Å². The lowest BCUT2D eigenvalue weighted by Crippen LogP contribution is -2.33. The Hall–Kier alpha value is -4.25. The van der Waals surface area contributed by atoms with Crippen molar-refractivity contribution in [2.75, 3.05) is 0 Å². The van der Waals surface area contributed by atoms with Crippen LogP contribution >= 0.6 is 23.2 Å². The summed E-state index contributed by atoms with van der Waals surface area (Å²) in [5.41, 5.74) is 0.0949. The maximum atomic E-state index is 14.3. The van der Waals surface area contributed by atoms with E-state index in [4.69, 9.17) is 33.0 Å². The number of nitro benzene ring substituents is 1. The van der Waals surface area contributed by atoms with Gasteiger partial charge in [-0.1, -0.05) is 78.7 Å². The Kier molecular flexibility index (Phi) is 7.45. The Morgan fingerprint density at radius 1 is 0.977 bits per heavy atom. The van der Waals surface area contributed by atoms with Gasteiger partial charge in [0.2, 0.25) is 0 Å². The van der Waals surface area contributed by atoms with Gasteiger partial charge in [-0.15, -0.1) is 5.10 Å². The van der Waals surface area contributed by atoms with Gasteiger partial charge in [0.05, 0.1) is 27.3 Å². The Labute approximate surface area is 255 Å². The van der Waals surface area contributed by atoms with E-state index < -0.39 is 16.2 Å². The molecule has 0 unspecified atom stereocenters. The van der Waals surface area contributed by atoms with Gasteiger partial charge in [-0.05, 0) is 42.2 Å².